The summed E-state index contributed by atoms with van der Waals surface area (Å²) in [5, 5.41) is 2.68. The van der Waals surface area contributed by atoms with Crippen LogP contribution in [0.1, 0.15) is 37.4 Å². The van der Waals surface area contributed by atoms with Crippen molar-refractivity contribution in [3.63, 3.8) is 0 Å². The van der Waals surface area contributed by atoms with Gasteiger partial charge < -0.3 is 0 Å². The molecule has 2 aromatic rings. The van der Waals surface area contributed by atoms with E-state index in [1.165, 1.54) is 11.6 Å². The average molecular weight is 350 g/mol. The summed E-state index contributed by atoms with van der Waals surface area (Å²) in [6, 6.07) is 8.82. The Morgan fingerprint density at radius 3 is 2.40 bits per heavy atom. The maximum Gasteiger partial charge on any atom is 0.409 e. The fourth-order valence-corrected chi connectivity index (χ4v) is 3.32. The van der Waals surface area contributed by atoms with Crippen molar-refractivity contribution in [1.82, 2.24) is 10.4 Å². The molecule has 1 amide bonds. The molecule has 0 bridgehead atoms. The van der Waals surface area contributed by atoms with Crippen molar-refractivity contribution in [3.05, 3.63) is 47.5 Å². The summed E-state index contributed by atoms with van der Waals surface area (Å²) in [6.45, 7) is 4.31. The zero-order valence-electron chi connectivity index (χ0n) is 14.2. The predicted octanol–water partition coefficient (Wildman–Crippen LogP) is 4.38. The number of nitrogens with zero attached hydrogens (tertiary/aromatic N) is 1. The molecule has 0 radical (unpaired) electrons. The van der Waals surface area contributed by atoms with Crippen molar-refractivity contribution in [2.75, 3.05) is 6.54 Å². The van der Waals surface area contributed by atoms with Crippen LogP contribution < -0.4 is 5.43 Å². The van der Waals surface area contributed by atoms with Crippen molar-refractivity contribution < 1.29 is 18.0 Å². The highest BCUT2D eigenvalue weighted by Crippen LogP contribution is 2.38. The molecular formula is C19H21F3N2O. The van der Waals surface area contributed by atoms with Crippen molar-refractivity contribution in [2.24, 2.45) is 5.92 Å². The lowest BCUT2D eigenvalue weighted by Gasteiger charge is -2.29. The summed E-state index contributed by atoms with van der Waals surface area (Å²) in [4.78, 5) is 11.3. The number of amides is 1. The van der Waals surface area contributed by atoms with E-state index >= 15 is 0 Å². The van der Waals surface area contributed by atoms with E-state index in [0.717, 1.165) is 22.2 Å². The summed E-state index contributed by atoms with van der Waals surface area (Å²) in [5.74, 6) is 0.137. The van der Waals surface area contributed by atoms with Crippen LogP contribution in [0.15, 0.2) is 36.4 Å². The fraction of sp³-hybridized carbons (Fsp3) is 0.421. The first-order valence-electron chi connectivity index (χ1n) is 8.39. The van der Waals surface area contributed by atoms with Crippen LogP contribution in [0.25, 0.3) is 10.8 Å². The fourth-order valence-electron chi connectivity index (χ4n) is 3.32. The third kappa shape index (κ3) is 3.95. The van der Waals surface area contributed by atoms with Gasteiger partial charge in [-0.15, -0.1) is 0 Å². The Morgan fingerprint density at radius 1 is 1.12 bits per heavy atom. The molecule has 3 nitrogen and oxygen atoms in total. The van der Waals surface area contributed by atoms with Gasteiger partial charge in [-0.25, -0.2) is 5.01 Å². The Balaban J connectivity index is 1.96. The second-order valence-electron chi connectivity index (χ2n) is 6.96. The topological polar surface area (TPSA) is 32.3 Å². The molecule has 3 rings (SSSR count). The average Bonchev–Trinajstić information content (AvgIpc) is 2.91. The summed E-state index contributed by atoms with van der Waals surface area (Å²) in [6.07, 6.45) is -3.45. The van der Waals surface area contributed by atoms with Crippen LogP contribution >= 0.6 is 0 Å². The molecule has 1 atom stereocenters. The number of carbonyl (C=O) groups is 1. The highest BCUT2D eigenvalue weighted by molar-refractivity contribution is 5.84. The van der Waals surface area contributed by atoms with Crippen molar-refractivity contribution >= 4 is 16.7 Å². The third-order valence-electron chi connectivity index (χ3n) is 4.36. The van der Waals surface area contributed by atoms with Crippen molar-refractivity contribution in [2.45, 2.75) is 38.9 Å². The zero-order valence-corrected chi connectivity index (χ0v) is 14.2. The predicted molar refractivity (Wildman–Crippen MR) is 90.8 cm³/mol. The molecule has 0 saturated carbocycles. The molecule has 0 aliphatic carbocycles. The Kier molecular flexibility index (Phi) is 4.73. The molecule has 2 aromatic carbocycles. The molecule has 0 spiro atoms. The number of benzene rings is 2. The number of hydrogen-bond acceptors (Lipinski definition) is 2. The SMILES string of the molecule is CC(C)Cc1ccc2cc(C(N3CCC(=O)N3)C(F)(F)F)ccc2c1. The first-order valence-corrected chi connectivity index (χ1v) is 8.39. The summed E-state index contributed by atoms with van der Waals surface area (Å²) < 4.78 is 40.8. The normalized spacial score (nSPS) is 17.3. The van der Waals surface area contributed by atoms with E-state index in [-0.39, 0.29) is 24.4 Å². The third-order valence-corrected chi connectivity index (χ3v) is 4.36. The smallest absolute Gasteiger partial charge is 0.288 e. The van der Waals surface area contributed by atoms with Gasteiger partial charge in [0.15, 0.2) is 0 Å². The van der Waals surface area contributed by atoms with E-state index in [1.54, 1.807) is 12.1 Å². The van der Waals surface area contributed by atoms with Crippen LogP contribution in [0.4, 0.5) is 13.2 Å². The lowest BCUT2D eigenvalue weighted by Crippen LogP contribution is -2.43. The van der Waals surface area contributed by atoms with E-state index in [4.69, 9.17) is 0 Å². The lowest BCUT2D eigenvalue weighted by atomic mass is 9.97. The van der Waals surface area contributed by atoms with Gasteiger partial charge >= 0.3 is 6.18 Å². The number of rotatable bonds is 4. The number of alkyl halides is 3. The second-order valence-corrected chi connectivity index (χ2v) is 6.96. The van der Waals surface area contributed by atoms with E-state index in [0.29, 0.717) is 5.92 Å². The Morgan fingerprint density at radius 2 is 1.80 bits per heavy atom. The number of carbonyl (C=O) groups excluding carboxylic acids is 1. The van der Waals surface area contributed by atoms with Crippen LogP contribution in [0.3, 0.4) is 0 Å². The van der Waals surface area contributed by atoms with Gasteiger partial charge in [0.05, 0.1) is 0 Å². The minimum Gasteiger partial charge on any atom is -0.288 e. The standard InChI is InChI=1S/C19H21F3N2O/c1-12(2)9-13-3-4-15-11-16(6-5-14(15)10-13)18(19(20,21)22)24-8-7-17(25)23-24/h3-6,10-12,18H,7-9H2,1-2H3,(H,23,25). The first kappa shape index (κ1) is 17.7. The zero-order chi connectivity index (χ0) is 18.2. The molecule has 25 heavy (non-hydrogen) atoms. The van der Waals surface area contributed by atoms with Crippen LogP contribution in [0.5, 0.6) is 0 Å². The first-order chi connectivity index (χ1) is 11.7. The molecule has 1 unspecified atom stereocenters. The van der Waals surface area contributed by atoms with Gasteiger partial charge in [0.1, 0.15) is 6.04 Å². The molecule has 6 heteroatoms. The van der Waals surface area contributed by atoms with Crippen LogP contribution in [-0.4, -0.2) is 23.6 Å². The Labute approximate surface area is 144 Å². The molecule has 134 valence electrons. The number of hydrazine groups is 1. The Bertz CT molecular complexity index is 786. The molecule has 1 N–H and O–H groups in total. The number of hydrogen-bond donors (Lipinski definition) is 1. The summed E-state index contributed by atoms with van der Waals surface area (Å²) >= 11 is 0. The highest BCUT2D eigenvalue weighted by Gasteiger charge is 2.46. The van der Waals surface area contributed by atoms with Gasteiger partial charge in [-0.2, -0.15) is 13.2 Å². The van der Waals surface area contributed by atoms with Gasteiger partial charge in [-0.05, 0) is 40.3 Å². The van der Waals surface area contributed by atoms with Gasteiger partial charge in [-0.3, -0.25) is 10.2 Å². The van der Waals surface area contributed by atoms with E-state index in [1.807, 2.05) is 18.2 Å². The minimum atomic E-state index is -4.47. The molecule has 0 aromatic heterocycles. The quantitative estimate of drug-likeness (QED) is 0.888. The van der Waals surface area contributed by atoms with E-state index < -0.39 is 12.2 Å². The lowest BCUT2D eigenvalue weighted by molar-refractivity contribution is -0.191. The second kappa shape index (κ2) is 6.67. The maximum atomic E-state index is 13.6. The van der Waals surface area contributed by atoms with Crippen LogP contribution in [-0.2, 0) is 11.2 Å². The van der Waals surface area contributed by atoms with Crippen molar-refractivity contribution in [1.29, 1.82) is 0 Å². The largest absolute Gasteiger partial charge is 0.409 e. The molecular weight excluding hydrogens is 329 g/mol. The molecule has 1 heterocycles. The van der Waals surface area contributed by atoms with E-state index in [2.05, 4.69) is 19.3 Å². The monoisotopic (exact) mass is 350 g/mol. The van der Waals surface area contributed by atoms with Gasteiger partial charge in [0, 0.05) is 13.0 Å². The molecule has 1 aliphatic heterocycles. The number of fused-ring (bicyclic) bond motifs is 1. The Hall–Kier alpha value is -2.08. The minimum absolute atomic E-state index is 0.0500. The van der Waals surface area contributed by atoms with Crippen molar-refractivity contribution in [3.8, 4) is 0 Å². The summed E-state index contributed by atoms with van der Waals surface area (Å²) in [5.41, 5.74) is 3.63. The molecule has 1 saturated heterocycles. The van der Waals surface area contributed by atoms with Crippen LogP contribution in [0.2, 0.25) is 0 Å². The van der Waals surface area contributed by atoms with E-state index in [9.17, 15) is 18.0 Å². The van der Waals surface area contributed by atoms with Gasteiger partial charge in [-0.1, -0.05) is 44.2 Å². The highest BCUT2D eigenvalue weighted by atomic mass is 19.4. The van der Waals surface area contributed by atoms with Gasteiger partial charge in [0.25, 0.3) is 0 Å². The maximum absolute atomic E-state index is 13.6. The molecule has 1 fully saturated rings. The summed E-state index contributed by atoms with van der Waals surface area (Å²) in [7, 11) is 0. The number of halogens is 3. The number of nitrogens with one attached hydrogen (secondary N) is 1. The van der Waals surface area contributed by atoms with Gasteiger partial charge in [0.2, 0.25) is 5.91 Å². The molecule has 1 aliphatic rings. The van der Waals surface area contributed by atoms with Crippen LogP contribution in [0, 0.1) is 5.92 Å².